The van der Waals surface area contributed by atoms with Crippen molar-refractivity contribution in [2.45, 2.75) is 25.3 Å². The van der Waals surface area contributed by atoms with Crippen molar-refractivity contribution in [1.29, 1.82) is 0 Å². The molecule has 1 aliphatic carbocycles. The van der Waals surface area contributed by atoms with Crippen molar-refractivity contribution in [3.8, 4) is 0 Å². The van der Waals surface area contributed by atoms with E-state index in [0.29, 0.717) is 0 Å². The molecule has 10 heavy (non-hydrogen) atoms. The lowest BCUT2D eigenvalue weighted by molar-refractivity contribution is 0.365. The minimum Gasteiger partial charge on any atom is -0.361 e. The monoisotopic (exact) mass is 138 g/mol. The molecule has 3 nitrogen and oxygen atoms in total. The molecule has 1 aromatic rings. The van der Waals surface area contributed by atoms with Crippen LogP contribution in [0.15, 0.2) is 10.7 Å². The number of aromatic nitrogens is 1. The van der Waals surface area contributed by atoms with Crippen LogP contribution in [0.1, 0.15) is 30.2 Å². The highest BCUT2D eigenvalue weighted by Crippen LogP contribution is 2.26. The average molecular weight is 138 g/mol. The maximum absolute atomic E-state index is 5.79. The smallest absolute Gasteiger partial charge is 0.141 e. The van der Waals surface area contributed by atoms with Crippen molar-refractivity contribution in [3.63, 3.8) is 0 Å². The zero-order chi connectivity index (χ0) is 6.97. The van der Waals surface area contributed by atoms with Gasteiger partial charge in [0.1, 0.15) is 5.76 Å². The summed E-state index contributed by atoms with van der Waals surface area (Å²) in [6, 6.07) is 0.162. The summed E-state index contributed by atoms with van der Waals surface area (Å²) in [7, 11) is 0. The van der Waals surface area contributed by atoms with E-state index < -0.39 is 0 Å². The lowest BCUT2D eigenvalue weighted by atomic mass is 9.95. The van der Waals surface area contributed by atoms with Gasteiger partial charge in [0.2, 0.25) is 0 Å². The number of nitrogens with two attached hydrogens (primary N) is 1. The number of fused-ring (bicyclic) bond motifs is 1. The van der Waals surface area contributed by atoms with Gasteiger partial charge in [-0.3, -0.25) is 0 Å². The van der Waals surface area contributed by atoms with E-state index in [2.05, 4.69) is 5.16 Å². The van der Waals surface area contributed by atoms with E-state index >= 15 is 0 Å². The summed E-state index contributed by atoms with van der Waals surface area (Å²) in [6.07, 6.45) is 4.93. The Kier molecular flexibility index (Phi) is 1.24. The Morgan fingerprint density at radius 3 is 3.40 bits per heavy atom. The van der Waals surface area contributed by atoms with Crippen LogP contribution >= 0.6 is 0 Å². The van der Waals surface area contributed by atoms with E-state index in [4.69, 9.17) is 10.3 Å². The van der Waals surface area contributed by atoms with Crippen LogP contribution in [0.2, 0.25) is 0 Å². The van der Waals surface area contributed by atoms with Gasteiger partial charge in [-0.25, -0.2) is 0 Å². The summed E-state index contributed by atoms with van der Waals surface area (Å²) in [6.45, 7) is 0. The summed E-state index contributed by atoms with van der Waals surface area (Å²) in [5, 5.41) is 3.70. The number of nitrogens with zero attached hydrogens (tertiary/aromatic N) is 1. The largest absolute Gasteiger partial charge is 0.361 e. The van der Waals surface area contributed by atoms with E-state index in [0.717, 1.165) is 30.6 Å². The number of rotatable bonds is 0. The van der Waals surface area contributed by atoms with Gasteiger partial charge in [-0.15, -0.1) is 0 Å². The summed E-state index contributed by atoms with van der Waals surface area (Å²) < 4.78 is 5.00. The van der Waals surface area contributed by atoms with E-state index in [1.54, 1.807) is 6.20 Å². The fraction of sp³-hybridized carbons (Fsp3) is 0.571. The summed E-state index contributed by atoms with van der Waals surface area (Å²) in [4.78, 5) is 0. The molecule has 0 aromatic carbocycles. The second kappa shape index (κ2) is 2.09. The minimum absolute atomic E-state index is 0.162. The van der Waals surface area contributed by atoms with Crippen LogP contribution in [0.5, 0.6) is 0 Å². The Labute approximate surface area is 59.2 Å². The highest BCUT2D eigenvalue weighted by atomic mass is 16.5. The minimum atomic E-state index is 0.162. The molecule has 0 radical (unpaired) electrons. The summed E-state index contributed by atoms with van der Waals surface area (Å²) in [5.74, 6) is 0.985. The predicted octanol–water partition coefficient (Wildman–Crippen LogP) is 1.01. The Morgan fingerprint density at radius 1 is 1.70 bits per heavy atom. The average Bonchev–Trinajstić information content (AvgIpc) is 2.36. The standard InChI is InChI=1S/C7H10N2O/c8-6-2-1-3-7-5(6)4-9-10-7/h4,6H,1-3,8H2. The van der Waals surface area contributed by atoms with E-state index in [1.165, 1.54) is 0 Å². The Morgan fingerprint density at radius 2 is 2.60 bits per heavy atom. The van der Waals surface area contributed by atoms with Crippen LogP contribution in [0.3, 0.4) is 0 Å². The second-order valence-corrected chi connectivity index (χ2v) is 2.70. The first-order valence-electron chi connectivity index (χ1n) is 3.57. The Bertz CT molecular complexity index is 231. The second-order valence-electron chi connectivity index (χ2n) is 2.70. The van der Waals surface area contributed by atoms with Crippen LogP contribution < -0.4 is 5.73 Å². The number of aryl methyl sites for hydroxylation is 1. The van der Waals surface area contributed by atoms with Gasteiger partial charge in [0.15, 0.2) is 0 Å². The maximum Gasteiger partial charge on any atom is 0.141 e. The van der Waals surface area contributed by atoms with Gasteiger partial charge < -0.3 is 10.3 Å². The van der Waals surface area contributed by atoms with Crippen LogP contribution in [0, 0.1) is 0 Å². The van der Waals surface area contributed by atoms with Gasteiger partial charge in [-0.2, -0.15) is 0 Å². The van der Waals surface area contributed by atoms with Crippen molar-refractivity contribution in [1.82, 2.24) is 5.16 Å². The molecule has 0 amide bonds. The molecular weight excluding hydrogens is 128 g/mol. The molecule has 3 heteroatoms. The van der Waals surface area contributed by atoms with Crippen molar-refractivity contribution in [2.24, 2.45) is 5.73 Å². The normalized spacial score (nSPS) is 24.3. The lowest BCUT2D eigenvalue weighted by Crippen LogP contribution is -2.15. The molecule has 54 valence electrons. The van der Waals surface area contributed by atoms with Crippen molar-refractivity contribution >= 4 is 0 Å². The predicted molar refractivity (Wildman–Crippen MR) is 36.4 cm³/mol. The van der Waals surface area contributed by atoms with Crippen LogP contribution in [-0.4, -0.2) is 5.16 Å². The zero-order valence-electron chi connectivity index (χ0n) is 5.71. The first-order valence-corrected chi connectivity index (χ1v) is 3.57. The molecule has 2 N–H and O–H groups in total. The van der Waals surface area contributed by atoms with Gasteiger partial charge in [0.05, 0.1) is 6.20 Å². The van der Waals surface area contributed by atoms with Crippen molar-refractivity contribution in [3.05, 3.63) is 17.5 Å². The van der Waals surface area contributed by atoms with Gasteiger partial charge >= 0.3 is 0 Å². The SMILES string of the molecule is NC1CCCc2oncc21. The lowest BCUT2D eigenvalue weighted by Gasteiger charge is -2.14. The molecule has 0 saturated carbocycles. The van der Waals surface area contributed by atoms with Crippen molar-refractivity contribution in [2.75, 3.05) is 0 Å². The Balaban J connectivity index is 2.41. The zero-order valence-corrected chi connectivity index (χ0v) is 5.71. The first-order chi connectivity index (χ1) is 4.88. The fourth-order valence-corrected chi connectivity index (χ4v) is 1.40. The van der Waals surface area contributed by atoms with Crippen molar-refractivity contribution < 1.29 is 4.52 Å². The third-order valence-electron chi connectivity index (χ3n) is 2.00. The third-order valence-corrected chi connectivity index (χ3v) is 2.00. The number of hydrogen-bond acceptors (Lipinski definition) is 3. The quantitative estimate of drug-likeness (QED) is 0.582. The van der Waals surface area contributed by atoms with Crippen LogP contribution in [-0.2, 0) is 6.42 Å². The van der Waals surface area contributed by atoms with E-state index in [9.17, 15) is 0 Å². The highest BCUT2D eigenvalue weighted by molar-refractivity contribution is 5.20. The molecule has 1 unspecified atom stereocenters. The fourth-order valence-electron chi connectivity index (χ4n) is 1.40. The van der Waals surface area contributed by atoms with Gasteiger partial charge in [0.25, 0.3) is 0 Å². The maximum atomic E-state index is 5.79. The molecule has 1 atom stereocenters. The molecule has 0 bridgehead atoms. The molecular formula is C7H10N2O. The van der Waals surface area contributed by atoms with Gasteiger partial charge in [-0.1, -0.05) is 5.16 Å². The molecule has 1 aromatic heterocycles. The summed E-state index contributed by atoms with van der Waals surface area (Å²) in [5.41, 5.74) is 6.89. The van der Waals surface area contributed by atoms with Gasteiger partial charge in [-0.05, 0) is 12.8 Å². The topological polar surface area (TPSA) is 52.0 Å². The summed E-state index contributed by atoms with van der Waals surface area (Å²) >= 11 is 0. The molecule has 0 spiro atoms. The molecule has 0 fully saturated rings. The first kappa shape index (κ1) is 5.92. The molecule has 1 heterocycles. The van der Waals surface area contributed by atoms with Crippen LogP contribution in [0.4, 0.5) is 0 Å². The molecule has 0 saturated heterocycles. The highest BCUT2D eigenvalue weighted by Gasteiger charge is 2.19. The number of hydrogen-bond donors (Lipinski definition) is 1. The van der Waals surface area contributed by atoms with Gasteiger partial charge in [0, 0.05) is 18.0 Å². The van der Waals surface area contributed by atoms with Crippen LogP contribution in [0.25, 0.3) is 0 Å². The molecule has 0 aliphatic heterocycles. The third kappa shape index (κ3) is 0.743. The van der Waals surface area contributed by atoms with E-state index in [-0.39, 0.29) is 6.04 Å². The molecule has 1 aliphatic rings. The van der Waals surface area contributed by atoms with E-state index in [1.807, 2.05) is 0 Å². The molecule has 2 rings (SSSR count). The Hall–Kier alpha value is -0.830.